The van der Waals surface area contributed by atoms with Gasteiger partial charge in [0.1, 0.15) is 0 Å². The molecule has 0 radical (unpaired) electrons. The SMILES string of the molecule is O=C(C=Cc1ccncc1)c1ccco1. The molecular formula is C12H9NO2. The number of carbonyl (C=O) groups is 1. The van der Waals surface area contributed by atoms with Crippen LogP contribution >= 0.6 is 0 Å². The summed E-state index contributed by atoms with van der Waals surface area (Å²) in [5.74, 6) is 0.206. The van der Waals surface area contributed by atoms with Crippen LogP contribution in [0, 0.1) is 0 Å². The van der Waals surface area contributed by atoms with Crippen LogP contribution in [-0.2, 0) is 0 Å². The first-order valence-corrected chi connectivity index (χ1v) is 4.52. The zero-order valence-electron chi connectivity index (χ0n) is 7.96. The topological polar surface area (TPSA) is 43.1 Å². The number of ketones is 1. The fraction of sp³-hybridized carbons (Fsp3) is 0. The molecule has 15 heavy (non-hydrogen) atoms. The van der Waals surface area contributed by atoms with Gasteiger partial charge in [-0.05, 0) is 35.9 Å². The Labute approximate surface area is 87.1 Å². The number of aromatic nitrogens is 1. The summed E-state index contributed by atoms with van der Waals surface area (Å²) in [6.45, 7) is 0. The third-order valence-electron chi connectivity index (χ3n) is 1.90. The van der Waals surface area contributed by atoms with E-state index in [-0.39, 0.29) is 5.78 Å². The summed E-state index contributed by atoms with van der Waals surface area (Å²) >= 11 is 0. The lowest BCUT2D eigenvalue weighted by atomic mass is 10.2. The summed E-state index contributed by atoms with van der Waals surface area (Å²) in [6.07, 6.45) is 8.04. The fourth-order valence-corrected chi connectivity index (χ4v) is 1.15. The Morgan fingerprint density at radius 1 is 1.27 bits per heavy atom. The van der Waals surface area contributed by atoms with Crippen LogP contribution in [0.1, 0.15) is 16.1 Å². The molecule has 0 aromatic carbocycles. The van der Waals surface area contributed by atoms with E-state index in [1.807, 2.05) is 12.1 Å². The van der Waals surface area contributed by atoms with Crippen LogP contribution < -0.4 is 0 Å². The molecule has 3 heteroatoms. The van der Waals surface area contributed by atoms with Gasteiger partial charge in [-0.1, -0.05) is 6.08 Å². The molecular weight excluding hydrogens is 190 g/mol. The first-order chi connectivity index (χ1) is 7.36. The fourth-order valence-electron chi connectivity index (χ4n) is 1.15. The van der Waals surface area contributed by atoms with E-state index in [4.69, 9.17) is 4.42 Å². The van der Waals surface area contributed by atoms with Crippen molar-refractivity contribution in [3.63, 3.8) is 0 Å². The Morgan fingerprint density at radius 3 is 2.73 bits per heavy atom. The van der Waals surface area contributed by atoms with Gasteiger partial charge in [0, 0.05) is 12.4 Å². The van der Waals surface area contributed by atoms with E-state index in [2.05, 4.69) is 4.98 Å². The summed E-state index contributed by atoms with van der Waals surface area (Å²) in [6, 6.07) is 6.98. The Morgan fingerprint density at radius 2 is 2.07 bits per heavy atom. The molecule has 2 rings (SSSR count). The molecule has 0 saturated heterocycles. The molecule has 0 N–H and O–H groups in total. The lowest BCUT2D eigenvalue weighted by molar-refractivity contribution is 0.102. The first kappa shape index (κ1) is 9.40. The lowest BCUT2D eigenvalue weighted by Crippen LogP contribution is -1.90. The zero-order chi connectivity index (χ0) is 10.5. The molecule has 2 heterocycles. The molecule has 2 aromatic heterocycles. The molecule has 2 aromatic rings. The number of carbonyl (C=O) groups excluding carboxylic acids is 1. The molecule has 0 aliphatic rings. The van der Waals surface area contributed by atoms with Gasteiger partial charge in [0.05, 0.1) is 6.26 Å². The largest absolute Gasteiger partial charge is 0.461 e. The molecule has 0 fully saturated rings. The van der Waals surface area contributed by atoms with Gasteiger partial charge < -0.3 is 4.42 Å². The van der Waals surface area contributed by atoms with E-state index >= 15 is 0 Å². The highest BCUT2D eigenvalue weighted by atomic mass is 16.3. The van der Waals surface area contributed by atoms with Crippen molar-refractivity contribution in [1.82, 2.24) is 4.98 Å². The van der Waals surface area contributed by atoms with Gasteiger partial charge in [-0.15, -0.1) is 0 Å². The first-order valence-electron chi connectivity index (χ1n) is 4.52. The maximum absolute atomic E-state index is 11.5. The van der Waals surface area contributed by atoms with Crippen molar-refractivity contribution >= 4 is 11.9 Å². The molecule has 0 saturated carbocycles. The Bertz CT molecular complexity index is 458. The second kappa shape index (κ2) is 4.37. The van der Waals surface area contributed by atoms with E-state index in [1.165, 1.54) is 12.3 Å². The highest BCUT2D eigenvalue weighted by Gasteiger charge is 2.02. The van der Waals surface area contributed by atoms with Gasteiger partial charge in [0.25, 0.3) is 0 Å². The predicted molar refractivity (Wildman–Crippen MR) is 56.3 cm³/mol. The summed E-state index contributed by atoms with van der Waals surface area (Å²) in [4.78, 5) is 15.4. The summed E-state index contributed by atoms with van der Waals surface area (Å²) in [7, 11) is 0. The third-order valence-corrected chi connectivity index (χ3v) is 1.90. The van der Waals surface area contributed by atoms with Gasteiger partial charge in [-0.25, -0.2) is 0 Å². The van der Waals surface area contributed by atoms with Crippen LogP contribution in [0.15, 0.2) is 53.4 Å². The molecule has 0 spiro atoms. The number of pyridine rings is 1. The minimum absolute atomic E-state index is 0.142. The molecule has 0 amide bonds. The van der Waals surface area contributed by atoms with Crippen LogP contribution in [0.2, 0.25) is 0 Å². The summed E-state index contributed by atoms with van der Waals surface area (Å²) < 4.78 is 4.97. The van der Waals surface area contributed by atoms with Crippen LogP contribution in [0.3, 0.4) is 0 Å². The normalized spacial score (nSPS) is 10.7. The van der Waals surface area contributed by atoms with Gasteiger partial charge in [0.2, 0.25) is 5.78 Å². The van der Waals surface area contributed by atoms with Crippen molar-refractivity contribution in [2.75, 3.05) is 0 Å². The van der Waals surface area contributed by atoms with Gasteiger partial charge >= 0.3 is 0 Å². The maximum atomic E-state index is 11.5. The summed E-state index contributed by atoms with van der Waals surface area (Å²) in [5, 5.41) is 0. The number of hydrogen-bond donors (Lipinski definition) is 0. The van der Waals surface area contributed by atoms with Gasteiger partial charge in [-0.3, -0.25) is 9.78 Å². The Kier molecular flexibility index (Phi) is 2.74. The number of hydrogen-bond acceptors (Lipinski definition) is 3. The minimum Gasteiger partial charge on any atom is -0.461 e. The number of furan rings is 1. The maximum Gasteiger partial charge on any atom is 0.221 e. The quantitative estimate of drug-likeness (QED) is 0.563. The Hall–Kier alpha value is -2.16. The lowest BCUT2D eigenvalue weighted by Gasteiger charge is -1.90. The van der Waals surface area contributed by atoms with Gasteiger partial charge in [0.15, 0.2) is 5.76 Å². The highest BCUT2D eigenvalue weighted by Crippen LogP contribution is 2.05. The third kappa shape index (κ3) is 2.40. The molecule has 0 aliphatic carbocycles. The monoisotopic (exact) mass is 199 g/mol. The molecule has 74 valence electrons. The van der Waals surface area contributed by atoms with Crippen LogP contribution in [0.25, 0.3) is 6.08 Å². The van der Waals surface area contributed by atoms with Crippen molar-refractivity contribution in [3.8, 4) is 0 Å². The molecule has 0 unspecified atom stereocenters. The highest BCUT2D eigenvalue weighted by molar-refractivity contribution is 6.04. The van der Waals surface area contributed by atoms with Crippen LogP contribution in [-0.4, -0.2) is 10.8 Å². The van der Waals surface area contributed by atoms with E-state index in [0.29, 0.717) is 5.76 Å². The van der Waals surface area contributed by atoms with Crippen LogP contribution in [0.5, 0.6) is 0 Å². The second-order valence-electron chi connectivity index (χ2n) is 2.96. The summed E-state index contributed by atoms with van der Waals surface area (Å²) in [5.41, 5.74) is 0.935. The zero-order valence-corrected chi connectivity index (χ0v) is 7.96. The van der Waals surface area contributed by atoms with E-state index in [9.17, 15) is 4.79 Å². The molecule has 3 nitrogen and oxygen atoms in total. The Balaban J connectivity index is 2.10. The van der Waals surface area contributed by atoms with E-state index < -0.39 is 0 Å². The number of rotatable bonds is 3. The second-order valence-corrected chi connectivity index (χ2v) is 2.96. The predicted octanol–water partition coefficient (Wildman–Crippen LogP) is 2.57. The van der Waals surface area contributed by atoms with E-state index in [0.717, 1.165) is 5.56 Å². The van der Waals surface area contributed by atoms with Crippen molar-refractivity contribution in [2.24, 2.45) is 0 Å². The van der Waals surface area contributed by atoms with Crippen molar-refractivity contribution in [3.05, 3.63) is 60.3 Å². The average Bonchev–Trinajstić information content (AvgIpc) is 2.81. The van der Waals surface area contributed by atoms with Gasteiger partial charge in [-0.2, -0.15) is 0 Å². The average molecular weight is 199 g/mol. The molecule has 0 atom stereocenters. The van der Waals surface area contributed by atoms with Crippen molar-refractivity contribution in [2.45, 2.75) is 0 Å². The van der Waals surface area contributed by atoms with E-state index in [1.54, 1.807) is 30.6 Å². The standard InChI is InChI=1S/C12H9NO2/c14-11(12-2-1-9-15-12)4-3-10-5-7-13-8-6-10/h1-9H. The van der Waals surface area contributed by atoms with Crippen molar-refractivity contribution < 1.29 is 9.21 Å². The smallest absolute Gasteiger partial charge is 0.221 e. The minimum atomic E-state index is -0.142. The number of allylic oxidation sites excluding steroid dienone is 1. The number of nitrogens with zero attached hydrogens (tertiary/aromatic N) is 1. The van der Waals surface area contributed by atoms with Crippen LogP contribution in [0.4, 0.5) is 0 Å². The molecule has 0 aliphatic heterocycles. The molecule has 0 bridgehead atoms. The van der Waals surface area contributed by atoms with Crippen molar-refractivity contribution in [1.29, 1.82) is 0 Å².